The molecule has 4 aromatic rings. The van der Waals surface area contributed by atoms with E-state index >= 15 is 0 Å². The van der Waals surface area contributed by atoms with Crippen molar-refractivity contribution in [2.75, 3.05) is 6.54 Å². The molecule has 0 aliphatic carbocycles. The van der Waals surface area contributed by atoms with Crippen molar-refractivity contribution < 1.29 is 14.6 Å². The number of carboxylic acid groups (broad SMARTS) is 1. The lowest BCUT2D eigenvalue weighted by Gasteiger charge is -2.30. The molecule has 0 bridgehead atoms. The molecule has 0 radical (unpaired) electrons. The van der Waals surface area contributed by atoms with Gasteiger partial charge in [-0.3, -0.25) is 9.69 Å². The molecular formula is C30H34N4O3. The number of rotatable bonds is 6. The fraction of sp³-hybridized carbons (Fsp3) is 0.367. The number of aryl methyl sites for hydroxylation is 3. The smallest absolute Gasteiger partial charge is 0.304 e. The first-order valence-electron chi connectivity index (χ1n) is 12.7. The zero-order valence-corrected chi connectivity index (χ0v) is 22.2. The summed E-state index contributed by atoms with van der Waals surface area (Å²) in [5, 5.41) is 18.3. The van der Waals surface area contributed by atoms with Crippen LogP contribution >= 0.6 is 0 Å². The maximum absolute atomic E-state index is 12.0. The van der Waals surface area contributed by atoms with E-state index in [-0.39, 0.29) is 17.9 Å². The number of fused-ring (bicyclic) bond motifs is 2. The van der Waals surface area contributed by atoms with Crippen molar-refractivity contribution >= 4 is 17.0 Å². The largest absolute Gasteiger partial charge is 0.486 e. The first-order chi connectivity index (χ1) is 17.6. The van der Waals surface area contributed by atoms with E-state index < -0.39 is 5.97 Å². The highest BCUT2D eigenvalue weighted by Gasteiger charge is 2.29. The van der Waals surface area contributed by atoms with Gasteiger partial charge >= 0.3 is 5.97 Å². The Hall–Kier alpha value is -3.71. The highest BCUT2D eigenvalue weighted by Crippen LogP contribution is 2.35. The van der Waals surface area contributed by atoms with E-state index in [1.165, 1.54) is 16.7 Å². The van der Waals surface area contributed by atoms with Gasteiger partial charge in [0.05, 0.1) is 11.9 Å². The number of nitrogens with zero attached hydrogens (tertiary/aromatic N) is 4. The second kappa shape index (κ2) is 9.63. The molecule has 7 nitrogen and oxygen atoms in total. The van der Waals surface area contributed by atoms with E-state index in [4.69, 9.17) is 4.74 Å². The second-order valence-corrected chi connectivity index (χ2v) is 10.8. The SMILES string of the molecule is Cc1ccc([C@@H](CC(=O)O)c2ccc3c(nnn3C)c2C)cc1CN1Cc2ccccc2OC(C)(C)C1. The van der Waals surface area contributed by atoms with Crippen LogP contribution in [0.3, 0.4) is 0 Å². The quantitative estimate of drug-likeness (QED) is 0.385. The van der Waals surface area contributed by atoms with Gasteiger partial charge in [-0.05, 0) is 67.6 Å². The molecule has 1 aliphatic heterocycles. The van der Waals surface area contributed by atoms with Crippen molar-refractivity contribution in [1.82, 2.24) is 19.9 Å². The highest BCUT2D eigenvalue weighted by molar-refractivity contribution is 5.80. The average molecular weight is 499 g/mol. The van der Waals surface area contributed by atoms with Gasteiger partial charge in [0.2, 0.25) is 0 Å². The maximum Gasteiger partial charge on any atom is 0.304 e. The lowest BCUT2D eigenvalue weighted by atomic mass is 9.84. The van der Waals surface area contributed by atoms with Crippen LogP contribution in [-0.2, 0) is 24.9 Å². The fourth-order valence-electron chi connectivity index (χ4n) is 5.54. The Morgan fingerprint density at radius 2 is 1.92 bits per heavy atom. The molecule has 1 atom stereocenters. The predicted molar refractivity (Wildman–Crippen MR) is 144 cm³/mol. The van der Waals surface area contributed by atoms with Crippen LogP contribution in [0, 0.1) is 13.8 Å². The summed E-state index contributed by atoms with van der Waals surface area (Å²) in [6.45, 7) is 10.7. The number of benzene rings is 3. The van der Waals surface area contributed by atoms with E-state index in [1.54, 1.807) is 4.68 Å². The number of aliphatic carboxylic acids is 1. The Kier molecular flexibility index (Phi) is 6.50. The number of carboxylic acids is 1. The zero-order chi connectivity index (χ0) is 26.3. The number of para-hydroxylation sites is 1. The molecule has 5 rings (SSSR count). The van der Waals surface area contributed by atoms with Crippen molar-refractivity contribution in [2.45, 2.75) is 58.7 Å². The number of carbonyl (C=O) groups is 1. The van der Waals surface area contributed by atoms with Crippen LogP contribution in [0.4, 0.5) is 0 Å². The summed E-state index contributed by atoms with van der Waals surface area (Å²) in [6.07, 6.45) is 0.00701. The Balaban J connectivity index is 1.51. The minimum Gasteiger partial charge on any atom is -0.486 e. The summed E-state index contributed by atoms with van der Waals surface area (Å²) in [7, 11) is 1.86. The zero-order valence-electron chi connectivity index (χ0n) is 22.2. The summed E-state index contributed by atoms with van der Waals surface area (Å²) < 4.78 is 8.08. The molecule has 192 valence electrons. The van der Waals surface area contributed by atoms with Gasteiger partial charge in [-0.2, -0.15) is 0 Å². The average Bonchev–Trinajstić information content (AvgIpc) is 3.15. The molecule has 0 unspecified atom stereocenters. The van der Waals surface area contributed by atoms with Crippen molar-refractivity contribution in [3.05, 3.63) is 88.0 Å². The molecule has 2 heterocycles. The minimum absolute atomic E-state index is 0.00701. The molecule has 0 saturated carbocycles. The third-order valence-electron chi connectivity index (χ3n) is 7.36. The number of ether oxygens (including phenoxy) is 1. The molecule has 0 amide bonds. The monoisotopic (exact) mass is 498 g/mol. The summed E-state index contributed by atoms with van der Waals surface area (Å²) in [5.74, 6) is -0.168. The van der Waals surface area contributed by atoms with E-state index in [0.717, 1.165) is 53.1 Å². The van der Waals surface area contributed by atoms with Crippen LogP contribution in [0.5, 0.6) is 5.75 Å². The summed E-state index contributed by atoms with van der Waals surface area (Å²) >= 11 is 0. The highest BCUT2D eigenvalue weighted by atomic mass is 16.5. The molecule has 0 saturated heterocycles. The fourth-order valence-corrected chi connectivity index (χ4v) is 5.54. The summed E-state index contributed by atoms with van der Waals surface area (Å²) in [6, 6.07) is 18.6. The van der Waals surface area contributed by atoms with Gasteiger partial charge in [-0.1, -0.05) is 47.7 Å². The molecule has 1 aromatic heterocycles. The van der Waals surface area contributed by atoms with Crippen LogP contribution in [0.2, 0.25) is 0 Å². The van der Waals surface area contributed by atoms with Gasteiger partial charge in [0.25, 0.3) is 0 Å². The molecule has 7 heteroatoms. The first-order valence-corrected chi connectivity index (χ1v) is 12.7. The molecule has 1 aliphatic rings. The van der Waals surface area contributed by atoms with Gasteiger partial charge < -0.3 is 9.84 Å². The van der Waals surface area contributed by atoms with Crippen LogP contribution < -0.4 is 4.74 Å². The molecule has 1 N–H and O–H groups in total. The lowest BCUT2D eigenvalue weighted by Crippen LogP contribution is -2.40. The first kappa shape index (κ1) is 25.0. The lowest BCUT2D eigenvalue weighted by molar-refractivity contribution is -0.137. The van der Waals surface area contributed by atoms with E-state index in [1.807, 2.05) is 38.2 Å². The van der Waals surface area contributed by atoms with Crippen LogP contribution in [0.15, 0.2) is 54.6 Å². The maximum atomic E-state index is 12.0. The van der Waals surface area contributed by atoms with Crippen LogP contribution in [-0.4, -0.2) is 43.1 Å². The Bertz CT molecular complexity index is 1470. The molecule has 3 aromatic carbocycles. The van der Waals surface area contributed by atoms with Gasteiger partial charge in [-0.15, -0.1) is 5.10 Å². The molecular weight excluding hydrogens is 464 g/mol. The van der Waals surface area contributed by atoms with E-state index in [2.05, 4.69) is 66.3 Å². The standard InChI is InChI=1S/C30H34N4O3/c1-19-10-11-21(25(15-28(35)36)24-12-13-26-29(20(24)2)31-32-33(26)5)14-23(19)17-34-16-22-8-6-7-9-27(22)37-30(3,4)18-34/h6-14,25H,15-18H2,1-5H3,(H,35,36)/t25-/m1/s1. The summed E-state index contributed by atoms with van der Waals surface area (Å²) in [5.41, 5.74) is 7.94. The summed E-state index contributed by atoms with van der Waals surface area (Å²) in [4.78, 5) is 14.4. The minimum atomic E-state index is -0.825. The van der Waals surface area contributed by atoms with Gasteiger partial charge in [0.1, 0.15) is 16.9 Å². The number of hydrogen-bond donors (Lipinski definition) is 1. The third kappa shape index (κ3) is 5.09. The normalized spacial score (nSPS) is 16.1. The number of hydrogen-bond acceptors (Lipinski definition) is 5. The Labute approximate surface area is 217 Å². The van der Waals surface area contributed by atoms with Gasteiger partial charge in [0.15, 0.2) is 0 Å². The molecule has 0 fully saturated rings. The predicted octanol–water partition coefficient (Wildman–Crippen LogP) is 5.36. The van der Waals surface area contributed by atoms with Crippen LogP contribution in [0.1, 0.15) is 59.6 Å². The van der Waals surface area contributed by atoms with E-state index in [0.29, 0.717) is 0 Å². The second-order valence-electron chi connectivity index (χ2n) is 10.8. The van der Waals surface area contributed by atoms with Gasteiger partial charge in [-0.25, -0.2) is 4.68 Å². The molecule has 0 spiro atoms. The topological polar surface area (TPSA) is 80.5 Å². The Morgan fingerprint density at radius 3 is 2.70 bits per heavy atom. The van der Waals surface area contributed by atoms with Gasteiger partial charge in [0, 0.05) is 38.2 Å². The van der Waals surface area contributed by atoms with E-state index in [9.17, 15) is 9.90 Å². The van der Waals surface area contributed by atoms with Crippen molar-refractivity contribution in [3.63, 3.8) is 0 Å². The van der Waals surface area contributed by atoms with Crippen molar-refractivity contribution in [1.29, 1.82) is 0 Å². The van der Waals surface area contributed by atoms with Crippen molar-refractivity contribution in [2.24, 2.45) is 7.05 Å². The number of aromatic nitrogens is 3. The van der Waals surface area contributed by atoms with Crippen molar-refractivity contribution in [3.8, 4) is 5.75 Å². The van der Waals surface area contributed by atoms with Crippen LogP contribution in [0.25, 0.3) is 11.0 Å². The molecule has 37 heavy (non-hydrogen) atoms. The Morgan fingerprint density at radius 1 is 1.14 bits per heavy atom. The third-order valence-corrected chi connectivity index (χ3v) is 7.36.